The Labute approximate surface area is 155 Å². The van der Waals surface area contributed by atoms with Gasteiger partial charge >= 0.3 is 0 Å². The lowest BCUT2D eigenvalue weighted by molar-refractivity contribution is 0.0692. The Balaban J connectivity index is 1.69. The monoisotopic (exact) mass is 359 g/mol. The van der Waals surface area contributed by atoms with Crippen molar-refractivity contribution in [1.29, 1.82) is 0 Å². The summed E-state index contributed by atoms with van der Waals surface area (Å²) in [6.45, 7) is 7.38. The van der Waals surface area contributed by atoms with Gasteiger partial charge in [-0.2, -0.15) is 0 Å². The van der Waals surface area contributed by atoms with E-state index in [4.69, 9.17) is 4.52 Å². The van der Waals surface area contributed by atoms with Crippen LogP contribution in [0.5, 0.6) is 0 Å². The minimum absolute atomic E-state index is 0.0447. The topological polar surface area (TPSA) is 67.4 Å². The number of amides is 1. The highest BCUT2D eigenvalue weighted by Gasteiger charge is 2.29. The van der Waals surface area contributed by atoms with Gasteiger partial charge in [-0.05, 0) is 26.9 Å². The molecule has 1 fully saturated rings. The van der Waals surface area contributed by atoms with Gasteiger partial charge in [-0.15, -0.1) is 0 Å². The molecule has 1 saturated heterocycles. The quantitative estimate of drug-likeness (QED) is 0.793. The van der Waals surface area contributed by atoms with Crippen molar-refractivity contribution in [3.63, 3.8) is 0 Å². The van der Waals surface area contributed by atoms with Gasteiger partial charge in [0, 0.05) is 56.5 Å². The van der Waals surface area contributed by atoms with Crippen molar-refractivity contribution in [2.45, 2.75) is 45.1 Å². The van der Waals surface area contributed by atoms with Crippen molar-refractivity contribution >= 4 is 5.91 Å². The van der Waals surface area contributed by atoms with Crippen LogP contribution in [0, 0.1) is 0 Å². The van der Waals surface area contributed by atoms with E-state index in [-0.39, 0.29) is 17.7 Å². The van der Waals surface area contributed by atoms with Crippen molar-refractivity contribution < 1.29 is 9.32 Å². The molecule has 1 atom stereocenters. The first-order chi connectivity index (χ1) is 12.5. The number of hydrogen-bond acceptors (Lipinski definition) is 5. The second kappa shape index (κ2) is 8.03. The number of piperidine rings is 1. The molecule has 0 saturated carbocycles. The zero-order valence-corrected chi connectivity index (χ0v) is 16.2. The molecule has 1 aliphatic rings. The van der Waals surface area contributed by atoms with E-state index in [1.54, 1.807) is 6.07 Å². The Morgan fingerprint density at radius 3 is 2.92 bits per heavy atom. The lowest BCUT2D eigenvalue weighted by Crippen LogP contribution is -2.40. The number of likely N-dealkylation sites (N-methyl/N-ethyl adjacent to an activating group) is 1. The zero-order chi connectivity index (χ0) is 18.7. The van der Waals surface area contributed by atoms with Gasteiger partial charge < -0.3 is 18.9 Å². The van der Waals surface area contributed by atoms with Crippen LogP contribution < -0.4 is 0 Å². The molecule has 0 N–H and O–H groups in total. The molecule has 1 aliphatic heterocycles. The van der Waals surface area contributed by atoms with E-state index in [9.17, 15) is 4.79 Å². The van der Waals surface area contributed by atoms with E-state index in [1.807, 2.05) is 31.1 Å². The van der Waals surface area contributed by atoms with Gasteiger partial charge in [0.25, 0.3) is 5.91 Å². The molecule has 142 valence electrons. The molecule has 7 heteroatoms. The molecule has 0 unspecified atom stereocenters. The Morgan fingerprint density at radius 1 is 1.42 bits per heavy atom. The molecule has 2 aromatic rings. The minimum atomic E-state index is -0.0447. The summed E-state index contributed by atoms with van der Waals surface area (Å²) < 4.78 is 7.51. The number of carbonyl (C=O) groups excluding carboxylic acids is 1. The second-order valence-electron chi connectivity index (χ2n) is 7.64. The van der Waals surface area contributed by atoms with Crippen LogP contribution in [0.25, 0.3) is 0 Å². The predicted octanol–water partition coefficient (Wildman–Crippen LogP) is 2.58. The highest BCUT2D eigenvalue weighted by Crippen LogP contribution is 2.27. The molecule has 0 radical (unpaired) electrons. The van der Waals surface area contributed by atoms with Crippen LogP contribution in [0.1, 0.15) is 60.6 Å². The standard InChI is InChI=1S/C19H29N5O2/c1-14(2)17-12-16(21-26-17)19(25)24-8-5-6-15(13-24)18-20-7-9-23(18)11-10-22(3)4/h7,9,12,14-15H,5-6,8,10-11,13H2,1-4H3/t15-/m1/s1. The molecular weight excluding hydrogens is 330 g/mol. The summed E-state index contributed by atoms with van der Waals surface area (Å²) in [5, 5.41) is 3.97. The third-order valence-electron chi connectivity index (χ3n) is 4.93. The maximum absolute atomic E-state index is 12.8. The van der Waals surface area contributed by atoms with Gasteiger partial charge in [-0.3, -0.25) is 4.79 Å². The summed E-state index contributed by atoms with van der Waals surface area (Å²) in [7, 11) is 4.14. The van der Waals surface area contributed by atoms with Crippen molar-refractivity contribution in [2.75, 3.05) is 33.7 Å². The second-order valence-corrected chi connectivity index (χ2v) is 7.64. The van der Waals surface area contributed by atoms with Crippen LogP contribution in [0.15, 0.2) is 23.0 Å². The summed E-state index contributed by atoms with van der Waals surface area (Å²) in [6, 6.07) is 1.77. The van der Waals surface area contributed by atoms with E-state index < -0.39 is 0 Å². The molecule has 0 spiro atoms. The van der Waals surface area contributed by atoms with E-state index in [0.717, 1.165) is 44.1 Å². The molecule has 0 aromatic carbocycles. The average Bonchev–Trinajstić information content (AvgIpc) is 3.29. The van der Waals surface area contributed by atoms with Crippen LogP contribution in [0.4, 0.5) is 0 Å². The number of rotatable bonds is 6. The van der Waals surface area contributed by atoms with Gasteiger partial charge in [0.2, 0.25) is 0 Å². The fourth-order valence-corrected chi connectivity index (χ4v) is 3.37. The molecule has 3 rings (SSSR count). The minimum Gasteiger partial charge on any atom is -0.360 e. The van der Waals surface area contributed by atoms with Gasteiger partial charge in [0.1, 0.15) is 11.6 Å². The van der Waals surface area contributed by atoms with Crippen LogP contribution in [0.3, 0.4) is 0 Å². The fourth-order valence-electron chi connectivity index (χ4n) is 3.37. The van der Waals surface area contributed by atoms with Gasteiger partial charge in [-0.1, -0.05) is 19.0 Å². The van der Waals surface area contributed by atoms with E-state index in [2.05, 4.69) is 33.7 Å². The maximum atomic E-state index is 12.8. The number of likely N-dealkylation sites (tertiary alicyclic amines) is 1. The first kappa shape index (κ1) is 18.6. The summed E-state index contributed by atoms with van der Waals surface area (Å²) in [4.78, 5) is 21.5. The third kappa shape index (κ3) is 4.15. The molecule has 26 heavy (non-hydrogen) atoms. The van der Waals surface area contributed by atoms with E-state index in [0.29, 0.717) is 12.2 Å². The van der Waals surface area contributed by atoms with E-state index >= 15 is 0 Å². The lowest BCUT2D eigenvalue weighted by atomic mass is 9.96. The normalized spacial score (nSPS) is 18.1. The first-order valence-corrected chi connectivity index (χ1v) is 9.37. The first-order valence-electron chi connectivity index (χ1n) is 9.37. The van der Waals surface area contributed by atoms with E-state index in [1.165, 1.54) is 0 Å². The maximum Gasteiger partial charge on any atom is 0.276 e. The van der Waals surface area contributed by atoms with Crippen molar-refractivity contribution in [2.24, 2.45) is 0 Å². The van der Waals surface area contributed by atoms with Crippen LogP contribution in [0.2, 0.25) is 0 Å². The molecular formula is C19H29N5O2. The number of aromatic nitrogens is 3. The molecule has 2 aromatic heterocycles. The highest BCUT2D eigenvalue weighted by molar-refractivity contribution is 5.92. The summed E-state index contributed by atoms with van der Waals surface area (Å²) in [6.07, 6.45) is 5.93. The summed E-state index contributed by atoms with van der Waals surface area (Å²) in [5.74, 6) is 2.27. The Hall–Kier alpha value is -2.15. The number of imidazole rings is 1. The molecule has 3 heterocycles. The largest absolute Gasteiger partial charge is 0.360 e. The highest BCUT2D eigenvalue weighted by atomic mass is 16.5. The molecule has 0 aliphatic carbocycles. The van der Waals surface area contributed by atoms with Crippen LogP contribution in [-0.2, 0) is 6.54 Å². The zero-order valence-electron chi connectivity index (χ0n) is 16.2. The van der Waals surface area contributed by atoms with Gasteiger partial charge in [0.05, 0.1) is 0 Å². The van der Waals surface area contributed by atoms with Crippen LogP contribution >= 0.6 is 0 Å². The predicted molar refractivity (Wildman–Crippen MR) is 99.3 cm³/mol. The van der Waals surface area contributed by atoms with Crippen molar-refractivity contribution in [1.82, 2.24) is 24.5 Å². The van der Waals surface area contributed by atoms with Crippen molar-refractivity contribution in [3.05, 3.63) is 35.7 Å². The van der Waals surface area contributed by atoms with Crippen LogP contribution in [-0.4, -0.2) is 64.1 Å². The Morgan fingerprint density at radius 2 is 2.23 bits per heavy atom. The van der Waals surface area contributed by atoms with Crippen molar-refractivity contribution in [3.8, 4) is 0 Å². The number of nitrogens with zero attached hydrogens (tertiary/aromatic N) is 5. The molecule has 1 amide bonds. The van der Waals surface area contributed by atoms with Gasteiger partial charge in [0.15, 0.2) is 5.69 Å². The lowest BCUT2D eigenvalue weighted by Gasteiger charge is -2.32. The van der Waals surface area contributed by atoms with Gasteiger partial charge in [-0.25, -0.2) is 4.98 Å². The third-order valence-corrected chi connectivity index (χ3v) is 4.93. The molecule has 0 bridgehead atoms. The summed E-state index contributed by atoms with van der Waals surface area (Å²) >= 11 is 0. The summed E-state index contributed by atoms with van der Waals surface area (Å²) in [5.41, 5.74) is 0.408. The average molecular weight is 359 g/mol. The molecule has 7 nitrogen and oxygen atoms in total. The fraction of sp³-hybridized carbons (Fsp3) is 0.632. The number of carbonyl (C=O) groups is 1. The Kier molecular flexibility index (Phi) is 5.76. The smallest absolute Gasteiger partial charge is 0.276 e. The Bertz CT molecular complexity index is 734. The SMILES string of the molecule is CC(C)c1cc(C(=O)N2CCC[C@@H](c3nccn3CCN(C)C)C2)no1. The number of hydrogen-bond donors (Lipinski definition) is 0.